The maximum Gasteiger partial charge on any atom is 0.256 e. The third-order valence-electron chi connectivity index (χ3n) is 5.36. The molecule has 0 saturated carbocycles. The number of nitrogens with one attached hydrogen (secondary N) is 1. The van der Waals surface area contributed by atoms with Gasteiger partial charge in [0.25, 0.3) is 5.91 Å². The second kappa shape index (κ2) is 8.40. The molecule has 1 N–H and O–H groups in total. The van der Waals surface area contributed by atoms with E-state index in [1.165, 1.54) is 0 Å². The topological polar surface area (TPSA) is 51.2 Å². The van der Waals surface area contributed by atoms with E-state index in [9.17, 15) is 4.79 Å². The number of nitrogens with zero attached hydrogens (tertiary/aromatic N) is 1. The maximum absolute atomic E-state index is 13.5. The zero-order valence-electron chi connectivity index (χ0n) is 17.9. The van der Waals surface area contributed by atoms with Crippen molar-refractivity contribution in [3.8, 4) is 17.0 Å². The molecular weight excluding hydrogens is 408 g/mol. The molecule has 4 rings (SSSR count). The van der Waals surface area contributed by atoms with Crippen LogP contribution in [0.4, 0.5) is 5.69 Å². The van der Waals surface area contributed by atoms with Gasteiger partial charge in [-0.3, -0.25) is 4.79 Å². The Hall–Kier alpha value is -3.37. The molecule has 0 atom stereocenters. The van der Waals surface area contributed by atoms with Crippen molar-refractivity contribution < 1.29 is 9.53 Å². The van der Waals surface area contributed by atoms with Crippen molar-refractivity contribution in [2.24, 2.45) is 0 Å². The highest BCUT2D eigenvalue weighted by Gasteiger charge is 2.20. The first kappa shape index (κ1) is 20.9. The summed E-state index contributed by atoms with van der Waals surface area (Å²) in [6.45, 7) is 5.99. The first-order valence-electron chi connectivity index (χ1n) is 10.0. The van der Waals surface area contributed by atoms with Crippen molar-refractivity contribution in [3.63, 3.8) is 0 Å². The third kappa shape index (κ3) is 4.12. The van der Waals surface area contributed by atoms with Crippen LogP contribution in [0.2, 0.25) is 5.02 Å². The first-order valence-corrected chi connectivity index (χ1v) is 10.4. The van der Waals surface area contributed by atoms with Crippen molar-refractivity contribution >= 4 is 34.1 Å². The fourth-order valence-electron chi connectivity index (χ4n) is 3.86. The average Bonchev–Trinajstić information content (AvgIpc) is 2.74. The van der Waals surface area contributed by atoms with Crippen molar-refractivity contribution in [3.05, 3.63) is 87.9 Å². The summed E-state index contributed by atoms with van der Waals surface area (Å²) < 4.78 is 5.20. The number of amides is 1. The van der Waals surface area contributed by atoms with Crippen LogP contribution in [0, 0.1) is 20.8 Å². The standard InChI is InChI=1S/C26H23ClN2O2/c1-15-13-16(2)24-22(14-15)23(26(30)28-20-9-11-21(31-4)12-10-20)17(3)25(29-24)18-5-7-19(27)8-6-18/h5-14H,1-4H3,(H,28,30). The van der Waals surface area contributed by atoms with Gasteiger partial charge in [0.2, 0.25) is 0 Å². The number of hydrogen-bond acceptors (Lipinski definition) is 3. The van der Waals surface area contributed by atoms with Gasteiger partial charge in [-0.25, -0.2) is 4.98 Å². The number of carbonyl (C=O) groups excluding carboxylic acids is 1. The molecule has 31 heavy (non-hydrogen) atoms. The lowest BCUT2D eigenvalue weighted by Gasteiger charge is -2.17. The molecule has 1 amide bonds. The molecule has 0 saturated heterocycles. The summed E-state index contributed by atoms with van der Waals surface area (Å²) in [5.41, 5.74) is 6.78. The van der Waals surface area contributed by atoms with E-state index in [4.69, 9.17) is 21.3 Å². The van der Waals surface area contributed by atoms with Crippen LogP contribution in [0.25, 0.3) is 22.2 Å². The number of carbonyl (C=O) groups is 1. The Morgan fingerprint density at radius 1 is 0.968 bits per heavy atom. The Bertz CT molecular complexity index is 1280. The molecule has 156 valence electrons. The Labute approximate surface area is 186 Å². The van der Waals surface area contributed by atoms with Crippen LogP contribution in [0.15, 0.2) is 60.7 Å². The van der Waals surface area contributed by atoms with E-state index in [1.807, 2.05) is 75.4 Å². The van der Waals surface area contributed by atoms with Gasteiger partial charge in [0.05, 0.1) is 23.9 Å². The average molecular weight is 431 g/mol. The summed E-state index contributed by atoms with van der Waals surface area (Å²) in [5, 5.41) is 4.53. The smallest absolute Gasteiger partial charge is 0.256 e. The molecule has 5 heteroatoms. The normalized spacial score (nSPS) is 10.9. The fraction of sp³-hybridized carbons (Fsp3) is 0.154. The molecule has 0 spiro atoms. The van der Waals surface area contributed by atoms with Crippen LogP contribution < -0.4 is 10.1 Å². The summed E-state index contributed by atoms with van der Waals surface area (Å²) in [4.78, 5) is 18.4. The predicted molar refractivity (Wildman–Crippen MR) is 127 cm³/mol. The molecule has 0 radical (unpaired) electrons. The van der Waals surface area contributed by atoms with E-state index in [0.717, 1.165) is 44.6 Å². The highest BCUT2D eigenvalue weighted by atomic mass is 35.5. The number of ether oxygens (including phenoxy) is 1. The lowest BCUT2D eigenvalue weighted by atomic mass is 9.94. The van der Waals surface area contributed by atoms with Crippen LogP contribution in [-0.4, -0.2) is 18.0 Å². The second-order valence-electron chi connectivity index (χ2n) is 7.63. The molecule has 1 aromatic heterocycles. The van der Waals surface area contributed by atoms with E-state index < -0.39 is 0 Å². The molecule has 0 fully saturated rings. The van der Waals surface area contributed by atoms with Gasteiger partial charge in [-0.15, -0.1) is 0 Å². The fourth-order valence-corrected chi connectivity index (χ4v) is 3.99. The Balaban J connectivity index is 1.89. The Morgan fingerprint density at radius 2 is 1.65 bits per heavy atom. The summed E-state index contributed by atoms with van der Waals surface area (Å²) in [6, 6.07) is 18.9. The number of halogens is 1. The zero-order valence-corrected chi connectivity index (χ0v) is 18.7. The number of anilines is 1. The molecule has 0 bridgehead atoms. The molecule has 0 unspecified atom stereocenters. The number of aromatic nitrogens is 1. The first-order chi connectivity index (χ1) is 14.9. The SMILES string of the molecule is COc1ccc(NC(=O)c2c(C)c(-c3ccc(Cl)cc3)nc3c(C)cc(C)cc23)cc1. The lowest BCUT2D eigenvalue weighted by Crippen LogP contribution is -2.15. The number of pyridine rings is 1. The molecular formula is C26H23ClN2O2. The zero-order chi connectivity index (χ0) is 22.1. The van der Waals surface area contributed by atoms with Crippen molar-refractivity contribution in [1.29, 1.82) is 0 Å². The number of benzene rings is 3. The number of hydrogen-bond donors (Lipinski definition) is 1. The van der Waals surface area contributed by atoms with E-state index in [0.29, 0.717) is 16.3 Å². The van der Waals surface area contributed by atoms with Gasteiger partial charge in [-0.2, -0.15) is 0 Å². The minimum Gasteiger partial charge on any atom is -0.497 e. The molecule has 0 aliphatic heterocycles. The van der Waals surface area contributed by atoms with Gasteiger partial charge in [0.1, 0.15) is 5.75 Å². The van der Waals surface area contributed by atoms with E-state index >= 15 is 0 Å². The highest BCUT2D eigenvalue weighted by molar-refractivity contribution is 6.30. The summed E-state index contributed by atoms with van der Waals surface area (Å²) in [5.74, 6) is 0.565. The van der Waals surface area contributed by atoms with Crippen LogP contribution in [-0.2, 0) is 0 Å². The monoisotopic (exact) mass is 430 g/mol. The quantitative estimate of drug-likeness (QED) is 0.390. The van der Waals surface area contributed by atoms with Crippen LogP contribution in [0.3, 0.4) is 0 Å². The van der Waals surface area contributed by atoms with E-state index in [1.54, 1.807) is 7.11 Å². The van der Waals surface area contributed by atoms with Gasteiger partial charge < -0.3 is 10.1 Å². The third-order valence-corrected chi connectivity index (χ3v) is 5.61. The van der Waals surface area contributed by atoms with Gasteiger partial charge in [-0.05, 0) is 74.4 Å². The van der Waals surface area contributed by atoms with Crippen molar-refractivity contribution in [1.82, 2.24) is 4.98 Å². The summed E-state index contributed by atoms with van der Waals surface area (Å²) in [7, 11) is 1.61. The molecule has 1 heterocycles. The Kier molecular flexibility index (Phi) is 5.66. The van der Waals surface area contributed by atoms with Crippen molar-refractivity contribution in [2.45, 2.75) is 20.8 Å². The molecule has 4 aromatic rings. The second-order valence-corrected chi connectivity index (χ2v) is 8.06. The van der Waals surface area contributed by atoms with E-state index in [-0.39, 0.29) is 5.91 Å². The number of rotatable bonds is 4. The highest BCUT2D eigenvalue weighted by Crippen LogP contribution is 2.33. The summed E-state index contributed by atoms with van der Waals surface area (Å²) in [6.07, 6.45) is 0. The van der Waals surface area contributed by atoms with Gasteiger partial charge in [0.15, 0.2) is 0 Å². The minimum atomic E-state index is -0.171. The molecule has 0 aliphatic rings. The minimum absolute atomic E-state index is 0.171. The van der Waals surface area contributed by atoms with Crippen LogP contribution in [0.1, 0.15) is 27.0 Å². The van der Waals surface area contributed by atoms with Crippen LogP contribution >= 0.6 is 11.6 Å². The largest absolute Gasteiger partial charge is 0.497 e. The van der Waals surface area contributed by atoms with Gasteiger partial charge in [-0.1, -0.05) is 35.4 Å². The molecule has 3 aromatic carbocycles. The predicted octanol–water partition coefficient (Wildman–Crippen LogP) is 6.74. The number of methoxy groups -OCH3 is 1. The number of fused-ring (bicyclic) bond motifs is 1. The van der Waals surface area contributed by atoms with Crippen molar-refractivity contribution in [2.75, 3.05) is 12.4 Å². The number of aryl methyl sites for hydroxylation is 2. The Morgan fingerprint density at radius 3 is 2.29 bits per heavy atom. The van der Waals surface area contributed by atoms with Gasteiger partial charge >= 0.3 is 0 Å². The summed E-state index contributed by atoms with van der Waals surface area (Å²) >= 11 is 6.08. The van der Waals surface area contributed by atoms with Crippen LogP contribution in [0.5, 0.6) is 5.75 Å². The molecule has 4 nitrogen and oxygen atoms in total. The van der Waals surface area contributed by atoms with Gasteiger partial charge in [0, 0.05) is 21.7 Å². The maximum atomic E-state index is 13.5. The lowest BCUT2D eigenvalue weighted by molar-refractivity contribution is 0.102. The van der Waals surface area contributed by atoms with E-state index in [2.05, 4.69) is 11.4 Å². The molecule has 0 aliphatic carbocycles.